The van der Waals surface area contributed by atoms with Crippen LogP contribution in [0, 0.1) is 0 Å². The molecular weight excluding hydrogens is 230 g/mol. The quantitative estimate of drug-likeness (QED) is 0.768. The molecule has 0 amide bonds. The van der Waals surface area contributed by atoms with Gasteiger partial charge in [-0.3, -0.25) is 0 Å². The molecule has 0 unspecified atom stereocenters. The third-order valence-electron chi connectivity index (χ3n) is 1.88. The summed E-state index contributed by atoms with van der Waals surface area (Å²) in [6.07, 6.45) is 5.22. The van der Waals surface area contributed by atoms with Crippen LogP contribution in [-0.2, 0) is 9.84 Å². The number of hydrogen-bond acceptors (Lipinski definition) is 6. The van der Waals surface area contributed by atoms with Crippen molar-refractivity contribution in [2.24, 2.45) is 0 Å². The second-order valence-corrected chi connectivity index (χ2v) is 5.18. The summed E-state index contributed by atoms with van der Waals surface area (Å²) in [6.45, 7) is 0. The first-order chi connectivity index (χ1) is 7.47. The van der Waals surface area contributed by atoms with Crippen molar-refractivity contribution in [1.82, 2.24) is 19.7 Å². The third kappa shape index (κ3) is 2.01. The minimum absolute atomic E-state index is 0.105. The van der Waals surface area contributed by atoms with Gasteiger partial charge in [-0.05, 0) is 0 Å². The van der Waals surface area contributed by atoms with Gasteiger partial charge < -0.3 is 5.73 Å². The SMILES string of the molecule is CS(=O)(=O)c1cnn(-c2ccnc(N)n2)c1. The fourth-order valence-corrected chi connectivity index (χ4v) is 1.64. The average Bonchev–Trinajstić information content (AvgIpc) is 2.65. The molecule has 84 valence electrons. The van der Waals surface area contributed by atoms with E-state index in [2.05, 4.69) is 15.1 Å². The molecule has 7 nitrogen and oxygen atoms in total. The maximum atomic E-state index is 11.2. The van der Waals surface area contributed by atoms with Gasteiger partial charge in [0.25, 0.3) is 0 Å². The summed E-state index contributed by atoms with van der Waals surface area (Å²) in [7, 11) is -3.26. The van der Waals surface area contributed by atoms with Gasteiger partial charge in [0.2, 0.25) is 5.95 Å². The molecule has 0 aliphatic rings. The van der Waals surface area contributed by atoms with Crippen molar-refractivity contribution >= 4 is 15.8 Å². The molecule has 16 heavy (non-hydrogen) atoms. The molecule has 0 saturated carbocycles. The Kier molecular flexibility index (Phi) is 2.35. The minimum atomic E-state index is -3.26. The van der Waals surface area contributed by atoms with Gasteiger partial charge in [0.05, 0.1) is 12.4 Å². The highest BCUT2D eigenvalue weighted by molar-refractivity contribution is 7.90. The number of sulfone groups is 1. The molecule has 0 spiro atoms. The van der Waals surface area contributed by atoms with Crippen molar-refractivity contribution in [2.45, 2.75) is 4.90 Å². The maximum Gasteiger partial charge on any atom is 0.221 e. The van der Waals surface area contributed by atoms with Crippen LogP contribution in [0.5, 0.6) is 0 Å². The Bertz CT molecular complexity index is 619. The van der Waals surface area contributed by atoms with E-state index in [-0.39, 0.29) is 10.8 Å². The van der Waals surface area contributed by atoms with Gasteiger partial charge >= 0.3 is 0 Å². The van der Waals surface area contributed by atoms with E-state index in [9.17, 15) is 8.42 Å². The van der Waals surface area contributed by atoms with E-state index in [1.54, 1.807) is 6.07 Å². The largest absolute Gasteiger partial charge is 0.368 e. The Hall–Kier alpha value is -1.96. The molecule has 0 bridgehead atoms. The fourth-order valence-electron chi connectivity index (χ4n) is 1.11. The zero-order chi connectivity index (χ0) is 11.8. The average molecular weight is 239 g/mol. The number of nitrogen functional groups attached to an aromatic ring is 1. The van der Waals surface area contributed by atoms with Gasteiger partial charge in [0, 0.05) is 18.5 Å². The highest BCUT2D eigenvalue weighted by Crippen LogP contribution is 2.10. The van der Waals surface area contributed by atoms with Crippen molar-refractivity contribution in [3.63, 3.8) is 0 Å². The first-order valence-electron chi connectivity index (χ1n) is 4.30. The monoisotopic (exact) mass is 239 g/mol. The number of nitrogens with two attached hydrogens (primary N) is 1. The predicted molar refractivity (Wildman–Crippen MR) is 56.7 cm³/mol. The summed E-state index contributed by atoms with van der Waals surface area (Å²) in [6, 6.07) is 1.58. The van der Waals surface area contributed by atoms with Crippen molar-refractivity contribution in [2.75, 3.05) is 12.0 Å². The fraction of sp³-hybridized carbons (Fsp3) is 0.125. The molecule has 2 rings (SSSR count). The van der Waals surface area contributed by atoms with Crippen LogP contribution in [0.2, 0.25) is 0 Å². The van der Waals surface area contributed by atoms with Gasteiger partial charge in [0.1, 0.15) is 4.90 Å². The number of anilines is 1. The van der Waals surface area contributed by atoms with Crippen LogP contribution in [0.4, 0.5) is 5.95 Å². The van der Waals surface area contributed by atoms with Crippen molar-refractivity contribution in [3.8, 4) is 5.82 Å². The Balaban J connectivity index is 2.47. The second kappa shape index (κ2) is 3.56. The summed E-state index contributed by atoms with van der Waals surface area (Å²) in [5.41, 5.74) is 5.41. The van der Waals surface area contributed by atoms with Crippen LogP contribution in [0.25, 0.3) is 5.82 Å². The highest BCUT2D eigenvalue weighted by Gasteiger charge is 2.11. The van der Waals surface area contributed by atoms with Crippen molar-refractivity contribution < 1.29 is 8.42 Å². The van der Waals surface area contributed by atoms with E-state index in [4.69, 9.17) is 5.73 Å². The van der Waals surface area contributed by atoms with Crippen LogP contribution in [-0.4, -0.2) is 34.4 Å². The molecular formula is C8H9N5O2S. The normalized spacial score (nSPS) is 11.6. The Morgan fingerprint density at radius 2 is 2.19 bits per heavy atom. The van der Waals surface area contributed by atoms with E-state index in [1.807, 2.05) is 0 Å². The molecule has 0 fully saturated rings. The van der Waals surface area contributed by atoms with E-state index < -0.39 is 9.84 Å². The zero-order valence-corrected chi connectivity index (χ0v) is 9.22. The van der Waals surface area contributed by atoms with Crippen LogP contribution >= 0.6 is 0 Å². The lowest BCUT2D eigenvalue weighted by Crippen LogP contribution is -2.02. The lowest BCUT2D eigenvalue weighted by molar-refractivity contribution is 0.602. The molecule has 2 aromatic heterocycles. The first-order valence-corrected chi connectivity index (χ1v) is 6.19. The summed E-state index contributed by atoms with van der Waals surface area (Å²) in [5, 5.41) is 3.89. The molecule has 0 aliphatic heterocycles. The van der Waals surface area contributed by atoms with Crippen LogP contribution < -0.4 is 5.73 Å². The Labute approximate surface area is 91.9 Å². The van der Waals surface area contributed by atoms with Crippen LogP contribution in [0.3, 0.4) is 0 Å². The van der Waals surface area contributed by atoms with Crippen LogP contribution in [0.1, 0.15) is 0 Å². The lowest BCUT2D eigenvalue weighted by atomic mass is 10.6. The molecule has 0 saturated heterocycles. The number of aromatic nitrogens is 4. The molecule has 0 atom stereocenters. The molecule has 2 heterocycles. The molecule has 2 N–H and O–H groups in total. The smallest absolute Gasteiger partial charge is 0.221 e. The maximum absolute atomic E-state index is 11.2. The first kappa shape index (κ1) is 10.6. The second-order valence-electron chi connectivity index (χ2n) is 3.17. The summed E-state index contributed by atoms with van der Waals surface area (Å²) in [5.74, 6) is 0.524. The van der Waals surface area contributed by atoms with Crippen LogP contribution in [0.15, 0.2) is 29.6 Å². The predicted octanol–water partition coefficient (Wildman–Crippen LogP) is -0.352. The van der Waals surface area contributed by atoms with Gasteiger partial charge in [-0.2, -0.15) is 10.1 Å². The number of nitrogens with zero attached hydrogens (tertiary/aromatic N) is 4. The van der Waals surface area contributed by atoms with Gasteiger partial charge in [-0.25, -0.2) is 18.1 Å². The summed E-state index contributed by atoms with van der Waals surface area (Å²) in [4.78, 5) is 7.77. The molecule has 0 radical (unpaired) electrons. The summed E-state index contributed by atoms with van der Waals surface area (Å²) >= 11 is 0. The molecule has 2 aromatic rings. The molecule has 8 heteroatoms. The molecule has 0 aliphatic carbocycles. The van der Waals surface area contributed by atoms with E-state index in [0.717, 1.165) is 6.26 Å². The minimum Gasteiger partial charge on any atom is -0.368 e. The van der Waals surface area contributed by atoms with Gasteiger partial charge in [0.15, 0.2) is 15.7 Å². The van der Waals surface area contributed by atoms with E-state index >= 15 is 0 Å². The van der Waals surface area contributed by atoms with E-state index in [0.29, 0.717) is 5.82 Å². The van der Waals surface area contributed by atoms with E-state index in [1.165, 1.54) is 23.3 Å². The Morgan fingerprint density at radius 3 is 2.75 bits per heavy atom. The standard InChI is InChI=1S/C8H9N5O2S/c1-16(14,15)6-4-11-13(5-6)7-2-3-10-8(9)12-7/h2-5H,1H3,(H2,9,10,12). The summed E-state index contributed by atoms with van der Waals surface area (Å²) < 4.78 is 23.8. The van der Waals surface area contributed by atoms with Gasteiger partial charge in [-0.1, -0.05) is 0 Å². The third-order valence-corrected chi connectivity index (χ3v) is 2.95. The topological polar surface area (TPSA) is 104 Å². The van der Waals surface area contributed by atoms with Gasteiger partial charge in [-0.15, -0.1) is 0 Å². The molecule has 0 aromatic carbocycles. The zero-order valence-electron chi connectivity index (χ0n) is 8.40. The lowest BCUT2D eigenvalue weighted by Gasteiger charge is -1.99. The highest BCUT2D eigenvalue weighted by atomic mass is 32.2. The Morgan fingerprint density at radius 1 is 1.44 bits per heavy atom. The van der Waals surface area contributed by atoms with Crippen molar-refractivity contribution in [3.05, 3.63) is 24.7 Å². The van der Waals surface area contributed by atoms with Crippen molar-refractivity contribution in [1.29, 1.82) is 0 Å². The number of rotatable bonds is 2. The number of hydrogen-bond donors (Lipinski definition) is 1.